The van der Waals surface area contributed by atoms with E-state index in [1.54, 1.807) is 0 Å². The molecule has 0 aromatic carbocycles. The second kappa shape index (κ2) is 23.2. The van der Waals surface area contributed by atoms with Gasteiger partial charge in [0.15, 0.2) is 0 Å². The fourth-order valence-electron chi connectivity index (χ4n) is 4.06. The highest BCUT2D eigenvalue weighted by Gasteiger charge is 2.29. The van der Waals surface area contributed by atoms with Crippen molar-refractivity contribution in [2.45, 2.75) is 84.9 Å². The number of hydrogen-bond donors (Lipinski definition) is 6. The Morgan fingerprint density at radius 1 is 0.733 bits per heavy atom. The predicted octanol–water partition coefficient (Wildman–Crippen LogP) is 0.342. The minimum atomic E-state index is -1.23. The summed E-state index contributed by atoms with van der Waals surface area (Å²) in [7, 11) is 1.90. The summed E-state index contributed by atoms with van der Waals surface area (Å²) < 4.78 is 15.5. The Morgan fingerprint density at radius 2 is 1.33 bits per heavy atom. The minimum absolute atomic E-state index is 0.0184. The fourth-order valence-corrected chi connectivity index (χ4v) is 4.06. The van der Waals surface area contributed by atoms with Gasteiger partial charge in [0, 0.05) is 32.5 Å². The standard InChI is InChI=1S/C29H52BN4O11/c1-28(2,7-8-29(3,4)18-26(39)40)17-24(37)34-21(27(41)42)5-6-23(36)32-11-9-30-10-13-44-20-25(38)33-12-14-43-15-16-45-19-22(31)35/h21H,5-20H2,1-4H3,(H2,31,35)(H,32,36)(H,33,38)(H,34,37)(H,39,40)(H,41,42). The summed E-state index contributed by atoms with van der Waals surface area (Å²) in [6.45, 7) is 8.97. The molecule has 16 heteroatoms. The third-order valence-corrected chi connectivity index (χ3v) is 6.60. The molecule has 0 heterocycles. The second-order valence-electron chi connectivity index (χ2n) is 12.3. The fraction of sp³-hybridized carbons (Fsp3) is 0.793. The van der Waals surface area contributed by atoms with Gasteiger partial charge >= 0.3 is 11.9 Å². The number of rotatable bonds is 28. The number of aliphatic carboxylic acids is 2. The van der Waals surface area contributed by atoms with Crippen molar-refractivity contribution in [2.75, 3.05) is 52.7 Å². The minimum Gasteiger partial charge on any atom is -0.481 e. The Kier molecular flexibility index (Phi) is 21.5. The molecule has 257 valence electrons. The average molecular weight is 644 g/mol. The van der Waals surface area contributed by atoms with Crippen LogP contribution in [0.3, 0.4) is 0 Å². The molecular weight excluding hydrogens is 591 g/mol. The molecule has 0 aliphatic rings. The maximum absolute atomic E-state index is 12.6. The van der Waals surface area contributed by atoms with E-state index in [1.807, 2.05) is 35.0 Å². The van der Waals surface area contributed by atoms with Crippen molar-refractivity contribution in [1.82, 2.24) is 16.0 Å². The number of nitrogens with two attached hydrogens (primary N) is 1. The van der Waals surface area contributed by atoms with Gasteiger partial charge in [-0.3, -0.25) is 24.0 Å². The highest BCUT2D eigenvalue weighted by atomic mass is 16.5. The first-order chi connectivity index (χ1) is 21.0. The van der Waals surface area contributed by atoms with E-state index < -0.39 is 40.6 Å². The number of carbonyl (C=O) groups excluding carboxylic acids is 4. The van der Waals surface area contributed by atoms with E-state index in [2.05, 4.69) is 16.0 Å². The molecule has 1 unspecified atom stereocenters. The Balaban J connectivity index is 4.02. The number of carbonyl (C=O) groups is 6. The summed E-state index contributed by atoms with van der Waals surface area (Å²) in [6, 6.07) is -1.20. The third kappa shape index (κ3) is 25.8. The summed E-state index contributed by atoms with van der Waals surface area (Å²) in [5.74, 6) is -3.72. The van der Waals surface area contributed by atoms with Crippen LogP contribution in [0, 0.1) is 10.8 Å². The van der Waals surface area contributed by atoms with Crippen LogP contribution in [0.1, 0.15) is 66.2 Å². The van der Waals surface area contributed by atoms with Gasteiger partial charge in [0.25, 0.3) is 0 Å². The van der Waals surface area contributed by atoms with Gasteiger partial charge in [-0.15, -0.1) is 0 Å². The molecule has 1 atom stereocenters. The normalized spacial score (nSPS) is 12.2. The first-order valence-electron chi connectivity index (χ1n) is 15.1. The number of carboxylic acid groups (broad SMARTS) is 2. The van der Waals surface area contributed by atoms with Crippen molar-refractivity contribution < 1.29 is 53.2 Å². The van der Waals surface area contributed by atoms with E-state index in [0.29, 0.717) is 45.2 Å². The van der Waals surface area contributed by atoms with Gasteiger partial charge in [-0.2, -0.15) is 0 Å². The molecule has 7 N–H and O–H groups in total. The van der Waals surface area contributed by atoms with E-state index in [9.17, 15) is 33.9 Å². The maximum Gasteiger partial charge on any atom is 0.326 e. The van der Waals surface area contributed by atoms with Crippen LogP contribution >= 0.6 is 0 Å². The number of carboxylic acids is 2. The van der Waals surface area contributed by atoms with E-state index in [-0.39, 0.29) is 70.5 Å². The molecule has 1 radical (unpaired) electrons. The SMILES string of the molecule is CC(C)(CCC(C)(C)CC(=O)NC(CCC(=O)NCC[B]CCOCC(=O)NCCOCCOCC(N)=O)C(=O)O)CC(=O)O. The van der Waals surface area contributed by atoms with Crippen molar-refractivity contribution in [3.8, 4) is 0 Å². The quantitative estimate of drug-likeness (QED) is 0.0503. The molecule has 0 bridgehead atoms. The van der Waals surface area contributed by atoms with Crippen LogP contribution in [0.5, 0.6) is 0 Å². The van der Waals surface area contributed by atoms with E-state index in [1.165, 1.54) is 0 Å². The summed E-state index contributed by atoms with van der Waals surface area (Å²) in [5.41, 5.74) is 4.05. The van der Waals surface area contributed by atoms with Crippen molar-refractivity contribution in [1.29, 1.82) is 0 Å². The smallest absolute Gasteiger partial charge is 0.326 e. The number of amides is 4. The molecule has 45 heavy (non-hydrogen) atoms. The van der Waals surface area contributed by atoms with Gasteiger partial charge in [-0.05, 0) is 30.1 Å². The van der Waals surface area contributed by atoms with Crippen LogP contribution in [-0.2, 0) is 43.0 Å². The van der Waals surface area contributed by atoms with Crippen molar-refractivity contribution in [3.05, 3.63) is 0 Å². The largest absolute Gasteiger partial charge is 0.481 e. The molecule has 0 rings (SSSR count). The summed E-state index contributed by atoms with van der Waals surface area (Å²) >= 11 is 0. The number of hydrogen-bond acceptors (Lipinski definition) is 9. The molecule has 0 aliphatic heterocycles. The molecule has 0 spiro atoms. The van der Waals surface area contributed by atoms with Crippen molar-refractivity contribution in [2.24, 2.45) is 16.6 Å². The van der Waals surface area contributed by atoms with Crippen LogP contribution in [0.4, 0.5) is 0 Å². The molecule has 0 saturated carbocycles. The zero-order valence-electron chi connectivity index (χ0n) is 27.1. The maximum atomic E-state index is 12.6. The molecule has 15 nitrogen and oxygen atoms in total. The molecular formula is C29H52BN4O11. The van der Waals surface area contributed by atoms with Crippen LogP contribution in [0.25, 0.3) is 0 Å². The van der Waals surface area contributed by atoms with Crippen molar-refractivity contribution in [3.63, 3.8) is 0 Å². The predicted molar refractivity (Wildman–Crippen MR) is 166 cm³/mol. The average Bonchev–Trinajstić information content (AvgIpc) is 2.91. The lowest BCUT2D eigenvalue weighted by Crippen LogP contribution is -2.43. The highest BCUT2D eigenvalue weighted by molar-refractivity contribution is 6.35. The molecule has 0 aromatic rings. The summed E-state index contributed by atoms with van der Waals surface area (Å²) in [5, 5.41) is 26.4. The monoisotopic (exact) mass is 643 g/mol. The van der Waals surface area contributed by atoms with Gasteiger partial charge in [-0.25, -0.2) is 4.79 Å². The van der Waals surface area contributed by atoms with Crippen LogP contribution in [-0.4, -0.2) is 112 Å². The zero-order valence-corrected chi connectivity index (χ0v) is 27.1. The van der Waals surface area contributed by atoms with Gasteiger partial charge in [0.1, 0.15) is 26.5 Å². The molecule has 0 saturated heterocycles. The molecule has 0 aromatic heterocycles. The van der Waals surface area contributed by atoms with Gasteiger partial charge < -0.3 is 46.1 Å². The van der Waals surface area contributed by atoms with Crippen molar-refractivity contribution >= 4 is 42.8 Å². The van der Waals surface area contributed by atoms with Crippen LogP contribution < -0.4 is 21.7 Å². The second-order valence-corrected chi connectivity index (χ2v) is 12.3. The van der Waals surface area contributed by atoms with E-state index in [4.69, 9.17) is 25.1 Å². The third-order valence-electron chi connectivity index (χ3n) is 6.60. The van der Waals surface area contributed by atoms with Gasteiger partial charge in [0.05, 0.1) is 26.2 Å². The Hall–Kier alpha value is -3.24. The Morgan fingerprint density at radius 3 is 1.96 bits per heavy atom. The molecule has 4 amide bonds. The first kappa shape index (κ1) is 41.8. The lowest BCUT2D eigenvalue weighted by Gasteiger charge is -2.30. The summed E-state index contributed by atoms with van der Waals surface area (Å²) in [4.78, 5) is 69.7. The number of primary amides is 1. The first-order valence-corrected chi connectivity index (χ1v) is 15.1. The number of nitrogens with one attached hydrogen (secondary N) is 3. The Bertz CT molecular complexity index is 947. The lowest BCUT2D eigenvalue weighted by atomic mass is 9.71. The van der Waals surface area contributed by atoms with Crippen LogP contribution in [0.2, 0.25) is 12.6 Å². The van der Waals surface area contributed by atoms with E-state index >= 15 is 0 Å². The topological polar surface area (TPSA) is 233 Å². The molecule has 0 fully saturated rings. The Labute approximate surface area is 266 Å². The molecule has 0 aliphatic carbocycles. The summed E-state index contributed by atoms with van der Waals surface area (Å²) in [6.07, 6.45) is 2.27. The van der Waals surface area contributed by atoms with Crippen LogP contribution in [0.15, 0.2) is 0 Å². The number of ether oxygens (including phenoxy) is 3. The zero-order chi connectivity index (χ0) is 34.3. The van der Waals surface area contributed by atoms with Gasteiger partial charge in [0.2, 0.25) is 23.6 Å². The van der Waals surface area contributed by atoms with Gasteiger partial charge in [-0.1, -0.05) is 40.3 Å². The van der Waals surface area contributed by atoms with E-state index in [0.717, 1.165) is 0 Å². The lowest BCUT2D eigenvalue weighted by molar-refractivity contribution is -0.142. The highest BCUT2D eigenvalue weighted by Crippen LogP contribution is 2.35.